The highest BCUT2D eigenvalue weighted by Crippen LogP contribution is 2.34. The fourth-order valence-corrected chi connectivity index (χ4v) is 1.76. The summed E-state index contributed by atoms with van der Waals surface area (Å²) < 4.78 is 10.4. The van der Waals surface area contributed by atoms with Crippen molar-refractivity contribution in [3.8, 4) is 11.5 Å². The third-order valence-electron chi connectivity index (χ3n) is 2.93. The summed E-state index contributed by atoms with van der Waals surface area (Å²) in [7, 11) is 3.13. The van der Waals surface area contributed by atoms with Crippen molar-refractivity contribution >= 4 is 17.3 Å². The molecule has 6 nitrogen and oxygen atoms in total. The van der Waals surface area contributed by atoms with Crippen molar-refractivity contribution in [2.24, 2.45) is 5.92 Å². The Labute approximate surface area is 126 Å². The third kappa shape index (κ3) is 5.41. The predicted molar refractivity (Wildman–Crippen MR) is 84.9 cm³/mol. The van der Waals surface area contributed by atoms with Crippen LogP contribution in [0.5, 0.6) is 11.5 Å². The van der Waals surface area contributed by atoms with E-state index < -0.39 is 0 Å². The van der Waals surface area contributed by atoms with Gasteiger partial charge in [0.25, 0.3) is 0 Å². The van der Waals surface area contributed by atoms with Gasteiger partial charge in [-0.3, -0.25) is 4.79 Å². The first kappa shape index (κ1) is 16.9. The number of methoxy groups -OCH3 is 2. The number of hydrogen-bond acceptors (Lipinski definition) is 5. The van der Waals surface area contributed by atoms with Crippen molar-refractivity contribution in [1.82, 2.24) is 5.32 Å². The fourth-order valence-electron chi connectivity index (χ4n) is 1.76. The van der Waals surface area contributed by atoms with Gasteiger partial charge in [0.05, 0.1) is 25.6 Å². The molecule has 0 aromatic heterocycles. The van der Waals surface area contributed by atoms with E-state index in [-0.39, 0.29) is 5.91 Å². The zero-order valence-electron chi connectivity index (χ0n) is 13.2. The lowest BCUT2D eigenvalue weighted by molar-refractivity contribution is -0.120. The molecule has 0 aliphatic carbocycles. The number of carbonyl (C=O) groups is 1. The molecule has 0 aliphatic rings. The Hall–Kier alpha value is -2.11. The Morgan fingerprint density at radius 2 is 1.86 bits per heavy atom. The summed E-state index contributed by atoms with van der Waals surface area (Å²) in [6.07, 6.45) is 0.389. The number of nitrogens with one attached hydrogen (secondary N) is 2. The predicted octanol–water partition coefficient (Wildman–Crippen LogP) is 1.86. The molecule has 0 bridgehead atoms. The van der Waals surface area contributed by atoms with E-state index in [1.54, 1.807) is 26.4 Å². The summed E-state index contributed by atoms with van der Waals surface area (Å²) in [5.41, 5.74) is 7.21. The van der Waals surface area contributed by atoms with Crippen molar-refractivity contribution in [2.45, 2.75) is 20.3 Å². The smallest absolute Gasteiger partial charge is 0.221 e. The summed E-state index contributed by atoms with van der Waals surface area (Å²) in [4.78, 5) is 11.6. The quantitative estimate of drug-likeness (QED) is 0.637. The normalized spacial score (nSPS) is 10.3. The van der Waals surface area contributed by atoms with Crippen LogP contribution < -0.4 is 25.8 Å². The summed E-state index contributed by atoms with van der Waals surface area (Å²) >= 11 is 0. The van der Waals surface area contributed by atoms with E-state index in [1.807, 2.05) is 0 Å². The third-order valence-corrected chi connectivity index (χ3v) is 2.93. The summed E-state index contributed by atoms with van der Waals surface area (Å²) in [5, 5.41) is 6.01. The lowest BCUT2D eigenvalue weighted by atomic mass is 10.2. The first-order chi connectivity index (χ1) is 9.97. The molecular formula is C15H25N3O3. The molecule has 0 saturated carbocycles. The number of carbonyl (C=O) groups excluding carboxylic acids is 1. The van der Waals surface area contributed by atoms with Gasteiger partial charge in [0.1, 0.15) is 0 Å². The zero-order chi connectivity index (χ0) is 15.8. The molecule has 1 aromatic rings. The number of ether oxygens (including phenoxy) is 2. The maximum Gasteiger partial charge on any atom is 0.221 e. The van der Waals surface area contributed by atoms with E-state index in [0.29, 0.717) is 42.6 Å². The first-order valence-electron chi connectivity index (χ1n) is 7.00. The number of benzene rings is 1. The summed E-state index contributed by atoms with van der Waals surface area (Å²) in [6, 6.07) is 3.46. The van der Waals surface area contributed by atoms with Crippen LogP contribution in [0.3, 0.4) is 0 Å². The summed E-state index contributed by atoms with van der Waals surface area (Å²) in [5.74, 6) is 1.65. The minimum Gasteiger partial charge on any atom is -0.493 e. The molecule has 0 unspecified atom stereocenters. The van der Waals surface area contributed by atoms with Crippen LogP contribution in [0.2, 0.25) is 0 Å². The van der Waals surface area contributed by atoms with Gasteiger partial charge in [0.15, 0.2) is 11.5 Å². The largest absolute Gasteiger partial charge is 0.493 e. The SMILES string of the molecule is COc1cc(N)c(NCCC(=O)NCC(C)C)cc1OC. The minimum absolute atomic E-state index is 0.0234. The van der Waals surface area contributed by atoms with E-state index in [4.69, 9.17) is 15.2 Å². The van der Waals surface area contributed by atoms with Gasteiger partial charge in [-0.15, -0.1) is 0 Å². The highest BCUT2D eigenvalue weighted by Gasteiger charge is 2.09. The van der Waals surface area contributed by atoms with E-state index in [9.17, 15) is 4.79 Å². The molecule has 0 fully saturated rings. The average molecular weight is 295 g/mol. The lowest BCUT2D eigenvalue weighted by Crippen LogP contribution is -2.28. The molecule has 0 radical (unpaired) electrons. The van der Waals surface area contributed by atoms with Gasteiger partial charge in [0, 0.05) is 31.6 Å². The van der Waals surface area contributed by atoms with Gasteiger partial charge in [-0.25, -0.2) is 0 Å². The van der Waals surface area contributed by atoms with Gasteiger partial charge in [-0.1, -0.05) is 13.8 Å². The maximum atomic E-state index is 11.6. The van der Waals surface area contributed by atoms with Crippen molar-refractivity contribution in [3.63, 3.8) is 0 Å². The lowest BCUT2D eigenvalue weighted by Gasteiger charge is -2.14. The minimum atomic E-state index is 0.0234. The van der Waals surface area contributed by atoms with Crippen molar-refractivity contribution in [1.29, 1.82) is 0 Å². The molecule has 1 aromatic carbocycles. The number of nitrogens with two attached hydrogens (primary N) is 1. The molecule has 1 rings (SSSR count). The molecule has 6 heteroatoms. The van der Waals surface area contributed by atoms with Gasteiger partial charge >= 0.3 is 0 Å². The molecule has 118 valence electrons. The monoisotopic (exact) mass is 295 g/mol. The second-order valence-corrected chi connectivity index (χ2v) is 5.17. The van der Waals surface area contributed by atoms with Crippen LogP contribution in [0.15, 0.2) is 12.1 Å². The summed E-state index contributed by atoms with van der Waals surface area (Å²) in [6.45, 7) is 5.31. The van der Waals surface area contributed by atoms with Crippen LogP contribution in [0.4, 0.5) is 11.4 Å². The number of hydrogen-bond donors (Lipinski definition) is 3. The number of amides is 1. The Balaban J connectivity index is 2.54. The van der Waals surface area contributed by atoms with Gasteiger partial charge in [-0.05, 0) is 5.92 Å². The van der Waals surface area contributed by atoms with Gasteiger partial charge < -0.3 is 25.8 Å². The molecule has 0 heterocycles. The van der Waals surface area contributed by atoms with Crippen LogP contribution in [-0.4, -0.2) is 33.2 Å². The van der Waals surface area contributed by atoms with Crippen LogP contribution in [-0.2, 0) is 4.79 Å². The highest BCUT2D eigenvalue weighted by molar-refractivity contribution is 5.77. The maximum absolute atomic E-state index is 11.6. The Morgan fingerprint density at radius 1 is 1.24 bits per heavy atom. The van der Waals surface area contributed by atoms with Crippen molar-refractivity contribution in [2.75, 3.05) is 38.4 Å². The van der Waals surface area contributed by atoms with Gasteiger partial charge in [-0.2, -0.15) is 0 Å². The molecule has 1 amide bonds. The molecule has 21 heavy (non-hydrogen) atoms. The number of rotatable bonds is 8. The Kier molecular flexibility index (Phi) is 6.65. The second-order valence-electron chi connectivity index (χ2n) is 5.17. The zero-order valence-corrected chi connectivity index (χ0v) is 13.2. The van der Waals surface area contributed by atoms with Crippen LogP contribution in [0.1, 0.15) is 20.3 Å². The molecule has 0 spiro atoms. The molecular weight excluding hydrogens is 270 g/mol. The standard InChI is InChI=1S/C15H25N3O3/c1-10(2)9-18-15(19)5-6-17-12-8-14(21-4)13(20-3)7-11(12)16/h7-8,10,17H,5-6,9,16H2,1-4H3,(H,18,19). The van der Waals surface area contributed by atoms with E-state index in [1.165, 1.54) is 0 Å². The fraction of sp³-hybridized carbons (Fsp3) is 0.533. The van der Waals surface area contributed by atoms with E-state index in [2.05, 4.69) is 24.5 Å². The number of nitrogen functional groups attached to an aromatic ring is 1. The van der Waals surface area contributed by atoms with Crippen molar-refractivity contribution in [3.05, 3.63) is 12.1 Å². The molecule has 4 N–H and O–H groups in total. The van der Waals surface area contributed by atoms with Crippen LogP contribution in [0, 0.1) is 5.92 Å². The number of anilines is 2. The highest BCUT2D eigenvalue weighted by atomic mass is 16.5. The topological polar surface area (TPSA) is 85.6 Å². The average Bonchev–Trinajstić information content (AvgIpc) is 2.46. The molecule has 0 atom stereocenters. The van der Waals surface area contributed by atoms with Crippen LogP contribution >= 0.6 is 0 Å². The Morgan fingerprint density at radius 3 is 2.43 bits per heavy atom. The van der Waals surface area contributed by atoms with Gasteiger partial charge in [0.2, 0.25) is 5.91 Å². The van der Waals surface area contributed by atoms with E-state index >= 15 is 0 Å². The van der Waals surface area contributed by atoms with Crippen LogP contribution in [0.25, 0.3) is 0 Å². The molecule has 0 aliphatic heterocycles. The molecule has 0 saturated heterocycles. The first-order valence-corrected chi connectivity index (χ1v) is 7.00. The Bertz CT molecular complexity index is 475. The van der Waals surface area contributed by atoms with E-state index in [0.717, 1.165) is 5.69 Å². The second kappa shape index (κ2) is 8.24. The van der Waals surface area contributed by atoms with Crippen molar-refractivity contribution < 1.29 is 14.3 Å².